The van der Waals surface area contributed by atoms with Crippen molar-refractivity contribution in [1.29, 1.82) is 0 Å². The molecule has 0 saturated heterocycles. The van der Waals surface area contributed by atoms with E-state index >= 15 is 0 Å². The van der Waals surface area contributed by atoms with Crippen molar-refractivity contribution < 1.29 is 19.4 Å². The number of methoxy groups -OCH3 is 1. The van der Waals surface area contributed by atoms with Crippen LogP contribution in [0.1, 0.15) is 24.8 Å². The van der Waals surface area contributed by atoms with E-state index in [2.05, 4.69) is 0 Å². The van der Waals surface area contributed by atoms with Crippen LogP contribution >= 0.6 is 0 Å². The van der Waals surface area contributed by atoms with Gasteiger partial charge in [0.05, 0.1) is 19.6 Å². The number of ether oxygens (including phenoxy) is 2. The van der Waals surface area contributed by atoms with Crippen molar-refractivity contribution in [3.8, 4) is 11.5 Å². The van der Waals surface area contributed by atoms with Crippen LogP contribution in [0.25, 0.3) is 0 Å². The van der Waals surface area contributed by atoms with Crippen LogP contribution in [-0.4, -0.2) is 24.8 Å². The minimum atomic E-state index is -0.135. The quantitative estimate of drug-likeness (QED) is 0.813. The normalized spacial score (nSPS) is 22.0. The van der Waals surface area contributed by atoms with Crippen molar-refractivity contribution >= 4 is 5.97 Å². The molecule has 1 aliphatic carbocycles. The molecule has 1 aromatic rings. The molecule has 1 fully saturated rings. The molecule has 1 aromatic carbocycles. The zero-order valence-electron chi connectivity index (χ0n) is 9.97. The molecule has 0 aliphatic heterocycles. The number of benzene rings is 1. The summed E-state index contributed by atoms with van der Waals surface area (Å²) in [5.74, 6) is 0.582. The molecule has 0 amide bonds. The van der Waals surface area contributed by atoms with Crippen molar-refractivity contribution in [2.24, 2.45) is 5.92 Å². The van der Waals surface area contributed by atoms with Gasteiger partial charge < -0.3 is 14.6 Å². The monoisotopic (exact) mass is 236 g/mol. The highest BCUT2D eigenvalue weighted by Crippen LogP contribution is 2.49. The van der Waals surface area contributed by atoms with Gasteiger partial charge in [0, 0.05) is 0 Å². The fourth-order valence-electron chi connectivity index (χ4n) is 2.00. The van der Waals surface area contributed by atoms with Gasteiger partial charge in [0.15, 0.2) is 11.5 Å². The summed E-state index contributed by atoms with van der Waals surface area (Å²) in [7, 11) is 1.51. The summed E-state index contributed by atoms with van der Waals surface area (Å²) in [5.41, 5.74) is 1.01. The summed E-state index contributed by atoms with van der Waals surface area (Å²) in [6.45, 7) is 2.22. The lowest BCUT2D eigenvalue weighted by molar-refractivity contribution is -0.144. The number of phenolic OH excluding ortho intramolecular Hbond substituents is 1. The Morgan fingerprint density at radius 1 is 1.53 bits per heavy atom. The van der Waals surface area contributed by atoms with Gasteiger partial charge >= 0.3 is 5.97 Å². The van der Waals surface area contributed by atoms with E-state index in [1.165, 1.54) is 7.11 Å². The second kappa shape index (κ2) is 4.65. The Balaban J connectivity index is 2.08. The third-order valence-corrected chi connectivity index (χ3v) is 3.01. The summed E-state index contributed by atoms with van der Waals surface area (Å²) in [6.07, 6.45) is 0.812. The standard InChI is InChI=1S/C13H16O4/c1-3-17-13(15)10-7-9(10)8-4-5-11(14)12(6-8)16-2/h4-6,9-10,14H,3,7H2,1-2H3/t9-,10+/m1/s1. The summed E-state index contributed by atoms with van der Waals surface area (Å²) in [5, 5.41) is 9.48. The van der Waals surface area contributed by atoms with Gasteiger partial charge in [0.2, 0.25) is 0 Å². The molecule has 0 unspecified atom stereocenters. The van der Waals surface area contributed by atoms with Gasteiger partial charge in [-0.25, -0.2) is 0 Å². The molecular weight excluding hydrogens is 220 g/mol. The zero-order valence-corrected chi connectivity index (χ0v) is 9.97. The van der Waals surface area contributed by atoms with E-state index in [9.17, 15) is 9.90 Å². The molecule has 0 bridgehead atoms. The van der Waals surface area contributed by atoms with Crippen LogP contribution in [0.2, 0.25) is 0 Å². The van der Waals surface area contributed by atoms with Crippen molar-refractivity contribution in [1.82, 2.24) is 0 Å². The average Bonchev–Trinajstić information content (AvgIpc) is 3.10. The van der Waals surface area contributed by atoms with Crippen molar-refractivity contribution in [3.05, 3.63) is 23.8 Å². The van der Waals surface area contributed by atoms with E-state index in [-0.39, 0.29) is 23.6 Å². The Morgan fingerprint density at radius 3 is 2.94 bits per heavy atom. The first-order chi connectivity index (χ1) is 8.17. The molecular formula is C13H16O4. The molecule has 1 saturated carbocycles. The number of aromatic hydroxyl groups is 1. The Hall–Kier alpha value is -1.71. The fourth-order valence-corrected chi connectivity index (χ4v) is 2.00. The van der Waals surface area contributed by atoms with Gasteiger partial charge in [-0.15, -0.1) is 0 Å². The van der Waals surface area contributed by atoms with Crippen LogP contribution < -0.4 is 4.74 Å². The number of hydrogen-bond donors (Lipinski definition) is 1. The molecule has 2 atom stereocenters. The molecule has 0 radical (unpaired) electrons. The van der Waals surface area contributed by atoms with E-state index in [1.807, 2.05) is 6.07 Å². The molecule has 1 N–H and O–H groups in total. The summed E-state index contributed by atoms with van der Waals surface area (Å²) < 4.78 is 10.0. The van der Waals surface area contributed by atoms with Crippen molar-refractivity contribution in [2.75, 3.05) is 13.7 Å². The van der Waals surface area contributed by atoms with Gasteiger partial charge in [-0.05, 0) is 37.0 Å². The molecule has 4 nitrogen and oxygen atoms in total. The van der Waals surface area contributed by atoms with Crippen molar-refractivity contribution in [2.45, 2.75) is 19.3 Å². The first-order valence-electron chi connectivity index (χ1n) is 5.71. The second-order valence-electron chi connectivity index (χ2n) is 4.13. The third-order valence-electron chi connectivity index (χ3n) is 3.01. The second-order valence-corrected chi connectivity index (χ2v) is 4.13. The molecule has 1 aliphatic rings. The Kier molecular flexibility index (Phi) is 3.22. The lowest BCUT2D eigenvalue weighted by Gasteiger charge is -2.06. The highest BCUT2D eigenvalue weighted by molar-refractivity contribution is 5.77. The summed E-state index contributed by atoms with van der Waals surface area (Å²) in [4.78, 5) is 11.5. The predicted octanol–water partition coefficient (Wildman–Crippen LogP) is 2.07. The number of hydrogen-bond acceptors (Lipinski definition) is 4. The average molecular weight is 236 g/mol. The number of esters is 1. The van der Waals surface area contributed by atoms with Crippen LogP contribution in [0.4, 0.5) is 0 Å². The third kappa shape index (κ3) is 2.35. The van der Waals surface area contributed by atoms with E-state index < -0.39 is 0 Å². The lowest BCUT2D eigenvalue weighted by atomic mass is 10.1. The topological polar surface area (TPSA) is 55.8 Å². The summed E-state index contributed by atoms with van der Waals surface area (Å²) >= 11 is 0. The van der Waals surface area contributed by atoms with Crippen LogP contribution in [0, 0.1) is 5.92 Å². The largest absolute Gasteiger partial charge is 0.504 e. The van der Waals surface area contributed by atoms with Crippen LogP contribution in [-0.2, 0) is 9.53 Å². The Morgan fingerprint density at radius 2 is 2.29 bits per heavy atom. The maximum Gasteiger partial charge on any atom is 0.309 e. The number of phenols is 1. The minimum absolute atomic E-state index is 0.0378. The Bertz CT molecular complexity index is 427. The molecule has 17 heavy (non-hydrogen) atoms. The Labute approximate surface area is 100 Å². The van der Waals surface area contributed by atoms with Gasteiger partial charge in [0.1, 0.15) is 0 Å². The smallest absolute Gasteiger partial charge is 0.309 e. The molecule has 4 heteroatoms. The van der Waals surface area contributed by atoms with E-state index in [0.29, 0.717) is 12.4 Å². The predicted molar refractivity (Wildman–Crippen MR) is 62.1 cm³/mol. The van der Waals surface area contributed by atoms with Crippen LogP contribution in [0.3, 0.4) is 0 Å². The van der Waals surface area contributed by atoms with Crippen molar-refractivity contribution in [3.63, 3.8) is 0 Å². The molecule has 0 aromatic heterocycles. The first kappa shape index (κ1) is 11.8. The van der Waals surface area contributed by atoms with Gasteiger partial charge in [-0.1, -0.05) is 6.07 Å². The molecule has 92 valence electrons. The fraction of sp³-hybridized carbons (Fsp3) is 0.462. The van der Waals surface area contributed by atoms with Gasteiger partial charge in [0.25, 0.3) is 0 Å². The SMILES string of the molecule is CCOC(=O)[C@H]1C[C@@H]1c1ccc(O)c(OC)c1. The van der Waals surface area contributed by atoms with E-state index in [0.717, 1.165) is 12.0 Å². The maximum atomic E-state index is 11.5. The van der Waals surface area contributed by atoms with Crippen LogP contribution in [0.15, 0.2) is 18.2 Å². The highest BCUT2D eigenvalue weighted by atomic mass is 16.5. The first-order valence-corrected chi connectivity index (χ1v) is 5.71. The maximum absolute atomic E-state index is 11.5. The number of carbonyl (C=O) groups excluding carboxylic acids is 1. The molecule has 2 rings (SSSR count). The summed E-state index contributed by atoms with van der Waals surface area (Å²) in [6, 6.07) is 5.19. The number of carbonyl (C=O) groups is 1. The van der Waals surface area contributed by atoms with Gasteiger partial charge in [-0.3, -0.25) is 4.79 Å². The zero-order chi connectivity index (χ0) is 12.4. The lowest BCUT2D eigenvalue weighted by Crippen LogP contribution is -2.07. The van der Waals surface area contributed by atoms with E-state index in [1.54, 1.807) is 19.1 Å². The number of rotatable bonds is 4. The van der Waals surface area contributed by atoms with Gasteiger partial charge in [-0.2, -0.15) is 0 Å². The molecule has 0 heterocycles. The van der Waals surface area contributed by atoms with Crippen LogP contribution in [0.5, 0.6) is 11.5 Å². The molecule has 0 spiro atoms. The van der Waals surface area contributed by atoms with E-state index in [4.69, 9.17) is 9.47 Å². The highest BCUT2D eigenvalue weighted by Gasteiger charge is 2.45. The minimum Gasteiger partial charge on any atom is -0.504 e.